The van der Waals surface area contributed by atoms with Gasteiger partial charge in [0.25, 0.3) is 0 Å². The van der Waals surface area contributed by atoms with Crippen molar-refractivity contribution in [3.63, 3.8) is 0 Å². The van der Waals surface area contributed by atoms with Crippen LogP contribution >= 0.6 is 0 Å². The van der Waals surface area contributed by atoms with Gasteiger partial charge in [0.2, 0.25) is 5.95 Å². The van der Waals surface area contributed by atoms with Crippen LogP contribution < -0.4 is 21.7 Å². The average molecular weight is 288 g/mol. The maximum Gasteiger partial charge on any atom is 0.223 e. The number of fused-ring (bicyclic) bond motifs is 2. The fraction of sp³-hybridized carbons (Fsp3) is 0.733. The van der Waals surface area contributed by atoms with Crippen LogP contribution in [0.4, 0.5) is 17.6 Å². The molecule has 114 valence electrons. The summed E-state index contributed by atoms with van der Waals surface area (Å²) in [5.41, 5.74) is 11.9. The van der Waals surface area contributed by atoms with Crippen molar-refractivity contribution in [3.05, 3.63) is 6.07 Å². The number of nitrogens with two attached hydrogens (primary N) is 2. The molecule has 4 atom stereocenters. The van der Waals surface area contributed by atoms with Crippen LogP contribution in [0.2, 0.25) is 0 Å². The van der Waals surface area contributed by atoms with Crippen molar-refractivity contribution in [3.8, 4) is 0 Å². The fourth-order valence-corrected chi connectivity index (χ4v) is 4.30. The van der Waals surface area contributed by atoms with E-state index in [4.69, 9.17) is 11.5 Å². The predicted octanol–water partition coefficient (Wildman–Crippen LogP) is 1.20. The number of hydrogen-bond donors (Lipinski definition) is 3. The Morgan fingerprint density at radius 2 is 2.10 bits per heavy atom. The second-order valence-corrected chi connectivity index (χ2v) is 6.89. The molecule has 0 amide bonds. The lowest BCUT2D eigenvalue weighted by molar-refractivity contribution is 0.439. The molecule has 21 heavy (non-hydrogen) atoms. The highest BCUT2D eigenvalue weighted by atomic mass is 15.2. The molecule has 6 heteroatoms. The third kappa shape index (κ3) is 2.52. The number of aromatic nitrogens is 2. The number of anilines is 3. The molecule has 1 saturated heterocycles. The molecule has 0 spiro atoms. The lowest BCUT2D eigenvalue weighted by Crippen LogP contribution is -2.28. The van der Waals surface area contributed by atoms with E-state index in [9.17, 15) is 0 Å². The maximum atomic E-state index is 5.98. The monoisotopic (exact) mass is 288 g/mol. The molecule has 6 nitrogen and oxygen atoms in total. The first-order chi connectivity index (χ1) is 10.2. The second kappa shape index (κ2) is 5.02. The van der Waals surface area contributed by atoms with Gasteiger partial charge in [-0.25, -0.2) is 0 Å². The Hall–Kier alpha value is -1.56. The van der Waals surface area contributed by atoms with Crippen molar-refractivity contribution in [1.29, 1.82) is 0 Å². The lowest BCUT2D eigenvalue weighted by Gasteiger charge is -2.24. The van der Waals surface area contributed by atoms with Crippen LogP contribution in [0.5, 0.6) is 0 Å². The lowest BCUT2D eigenvalue weighted by atomic mass is 9.95. The summed E-state index contributed by atoms with van der Waals surface area (Å²) in [6.07, 6.45) is 6.44. The Labute approximate surface area is 125 Å². The van der Waals surface area contributed by atoms with Crippen LogP contribution in [0.3, 0.4) is 0 Å². The van der Waals surface area contributed by atoms with Gasteiger partial charge in [-0.3, -0.25) is 0 Å². The van der Waals surface area contributed by atoms with Crippen LogP contribution in [0.25, 0.3) is 0 Å². The van der Waals surface area contributed by atoms with Crippen molar-refractivity contribution in [2.75, 3.05) is 29.0 Å². The molecule has 2 saturated carbocycles. The molecule has 1 aromatic rings. The van der Waals surface area contributed by atoms with Crippen LogP contribution in [0, 0.1) is 11.8 Å². The summed E-state index contributed by atoms with van der Waals surface area (Å²) in [7, 11) is 0. The van der Waals surface area contributed by atoms with E-state index >= 15 is 0 Å². The molecule has 0 radical (unpaired) electrons. The molecular formula is C15H24N6. The van der Waals surface area contributed by atoms with Gasteiger partial charge < -0.3 is 21.7 Å². The van der Waals surface area contributed by atoms with Crippen molar-refractivity contribution < 1.29 is 0 Å². The van der Waals surface area contributed by atoms with E-state index in [1.807, 2.05) is 6.07 Å². The minimum Gasteiger partial charge on any atom is -0.368 e. The average Bonchev–Trinajstić information content (AvgIpc) is 3.14. The standard InChI is InChI=1S/C15H24N6/c16-11-3-4-21(8-11)14-7-13(19-15(17)20-14)18-12-6-9-1-2-10(12)5-9/h7,9-12H,1-6,8,16H2,(H3,17,18,19,20)/t9?,10?,11-,12?/m0/s1. The summed E-state index contributed by atoms with van der Waals surface area (Å²) in [6, 6.07) is 2.83. The zero-order chi connectivity index (χ0) is 14.4. The van der Waals surface area contributed by atoms with Crippen molar-refractivity contribution in [2.45, 2.75) is 44.2 Å². The van der Waals surface area contributed by atoms with Gasteiger partial charge in [-0.2, -0.15) is 9.97 Å². The molecule has 5 N–H and O–H groups in total. The van der Waals surface area contributed by atoms with Gasteiger partial charge in [-0.1, -0.05) is 6.42 Å². The third-order valence-corrected chi connectivity index (χ3v) is 5.35. The fourth-order valence-electron chi connectivity index (χ4n) is 4.30. The van der Waals surface area contributed by atoms with Gasteiger partial charge in [0.1, 0.15) is 11.6 Å². The number of nitrogens with zero attached hydrogens (tertiary/aromatic N) is 3. The van der Waals surface area contributed by atoms with Crippen molar-refractivity contribution >= 4 is 17.6 Å². The molecule has 4 rings (SSSR count). The van der Waals surface area contributed by atoms with E-state index in [1.54, 1.807) is 0 Å². The summed E-state index contributed by atoms with van der Waals surface area (Å²) >= 11 is 0. The molecule has 2 bridgehead atoms. The summed E-state index contributed by atoms with van der Waals surface area (Å²) in [5, 5.41) is 3.60. The smallest absolute Gasteiger partial charge is 0.223 e. The number of nitrogen functional groups attached to an aromatic ring is 1. The highest BCUT2D eigenvalue weighted by Crippen LogP contribution is 2.45. The van der Waals surface area contributed by atoms with Crippen LogP contribution in [-0.4, -0.2) is 35.1 Å². The SMILES string of the molecule is Nc1nc(NC2CC3CCC2C3)cc(N2CC[C@H](N)C2)n1. The quantitative estimate of drug-likeness (QED) is 0.774. The number of hydrogen-bond acceptors (Lipinski definition) is 6. The minimum absolute atomic E-state index is 0.239. The van der Waals surface area contributed by atoms with Gasteiger partial charge in [-0.15, -0.1) is 0 Å². The Balaban J connectivity index is 1.51. The van der Waals surface area contributed by atoms with Crippen LogP contribution in [0.1, 0.15) is 32.1 Å². The van der Waals surface area contributed by atoms with Gasteiger partial charge >= 0.3 is 0 Å². The molecular weight excluding hydrogens is 264 g/mol. The van der Waals surface area contributed by atoms with Crippen LogP contribution in [0.15, 0.2) is 6.07 Å². The normalized spacial score (nSPS) is 34.6. The largest absolute Gasteiger partial charge is 0.368 e. The van der Waals surface area contributed by atoms with E-state index in [0.29, 0.717) is 12.0 Å². The minimum atomic E-state index is 0.239. The predicted molar refractivity (Wildman–Crippen MR) is 84.1 cm³/mol. The van der Waals surface area contributed by atoms with E-state index in [0.717, 1.165) is 43.0 Å². The topological polar surface area (TPSA) is 93.1 Å². The molecule has 2 aliphatic carbocycles. The second-order valence-electron chi connectivity index (χ2n) is 6.89. The summed E-state index contributed by atoms with van der Waals surface area (Å²) < 4.78 is 0. The van der Waals surface area contributed by atoms with Crippen molar-refractivity contribution in [1.82, 2.24) is 9.97 Å². The zero-order valence-electron chi connectivity index (χ0n) is 12.3. The molecule has 2 heterocycles. The molecule has 3 aliphatic rings. The molecule has 1 aromatic heterocycles. The van der Waals surface area contributed by atoms with E-state index in [1.165, 1.54) is 25.7 Å². The maximum absolute atomic E-state index is 5.98. The van der Waals surface area contributed by atoms with E-state index in [2.05, 4.69) is 20.2 Å². The Morgan fingerprint density at radius 1 is 1.19 bits per heavy atom. The van der Waals surface area contributed by atoms with Gasteiger partial charge in [0.05, 0.1) is 0 Å². The first kappa shape index (κ1) is 13.1. The molecule has 1 aliphatic heterocycles. The van der Waals surface area contributed by atoms with E-state index < -0.39 is 0 Å². The van der Waals surface area contributed by atoms with Gasteiger partial charge in [0.15, 0.2) is 0 Å². The first-order valence-corrected chi connectivity index (χ1v) is 8.09. The van der Waals surface area contributed by atoms with Gasteiger partial charge in [0, 0.05) is 31.2 Å². The zero-order valence-corrected chi connectivity index (χ0v) is 12.3. The summed E-state index contributed by atoms with van der Waals surface area (Å²) in [6.45, 7) is 1.80. The molecule has 0 aromatic carbocycles. The van der Waals surface area contributed by atoms with Gasteiger partial charge in [-0.05, 0) is 37.5 Å². The third-order valence-electron chi connectivity index (χ3n) is 5.35. The Kier molecular flexibility index (Phi) is 3.14. The van der Waals surface area contributed by atoms with Crippen LogP contribution in [-0.2, 0) is 0 Å². The first-order valence-electron chi connectivity index (χ1n) is 8.09. The van der Waals surface area contributed by atoms with E-state index in [-0.39, 0.29) is 6.04 Å². The summed E-state index contributed by atoms with van der Waals surface area (Å²) in [5.74, 6) is 3.85. The highest BCUT2D eigenvalue weighted by Gasteiger charge is 2.39. The van der Waals surface area contributed by atoms with Crippen molar-refractivity contribution in [2.24, 2.45) is 17.6 Å². The molecule has 3 unspecified atom stereocenters. The molecule has 3 fully saturated rings. The Morgan fingerprint density at radius 3 is 2.76 bits per heavy atom. The number of rotatable bonds is 3. The Bertz CT molecular complexity index is 533. The number of nitrogens with one attached hydrogen (secondary N) is 1. The summed E-state index contributed by atoms with van der Waals surface area (Å²) in [4.78, 5) is 10.9. The highest BCUT2D eigenvalue weighted by molar-refractivity contribution is 5.53.